The van der Waals surface area contributed by atoms with Crippen molar-refractivity contribution < 1.29 is 14.7 Å². The minimum absolute atomic E-state index is 0.0104. The van der Waals surface area contributed by atoms with E-state index < -0.39 is 0 Å². The van der Waals surface area contributed by atoms with Crippen molar-refractivity contribution in [3.05, 3.63) is 106 Å². The monoisotopic (exact) mass is 354 g/mol. The highest BCUT2D eigenvalue weighted by molar-refractivity contribution is 6.22. The van der Waals surface area contributed by atoms with Gasteiger partial charge < -0.3 is 5.11 Å². The van der Waals surface area contributed by atoms with Gasteiger partial charge in [-0.25, -0.2) is 0 Å². The molecule has 0 saturated heterocycles. The van der Waals surface area contributed by atoms with E-state index in [1.807, 2.05) is 44.2 Å². The van der Waals surface area contributed by atoms with E-state index in [1.54, 1.807) is 24.3 Å². The summed E-state index contributed by atoms with van der Waals surface area (Å²) in [6, 6.07) is 17.5. The first-order valence-corrected chi connectivity index (χ1v) is 8.77. The van der Waals surface area contributed by atoms with Gasteiger partial charge in [0.15, 0.2) is 11.6 Å². The fraction of sp³-hybridized carbons (Fsp3) is 0.0833. The third-order valence-electron chi connectivity index (χ3n) is 5.12. The smallest absolute Gasteiger partial charge is 0.194 e. The highest BCUT2D eigenvalue weighted by Crippen LogP contribution is 2.38. The van der Waals surface area contributed by atoms with Gasteiger partial charge in [-0.15, -0.1) is 0 Å². The third-order valence-corrected chi connectivity index (χ3v) is 5.12. The Bertz CT molecular complexity index is 1140. The summed E-state index contributed by atoms with van der Waals surface area (Å²) < 4.78 is 0. The summed E-state index contributed by atoms with van der Waals surface area (Å²) in [5.74, 6) is -0.177. The topological polar surface area (TPSA) is 54.4 Å². The number of hydrogen-bond acceptors (Lipinski definition) is 3. The second-order valence-electron chi connectivity index (χ2n) is 6.78. The summed E-state index contributed by atoms with van der Waals surface area (Å²) in [6.07, 6.45) is 1.56. The van der Waals surface area contributed by atoms with Gasteiger partial charge in [0.25, 0.3) is 0 Å². The largest absolute Gasteiger partial charge is 0.508 e. The van der Waals surface area contributed by atoms with Gasteiger partial charge in [0.2, 0.25) is 0 Å². The van der Waals surface area contributed by atoms with Crippen LogP contribution in [0.1, 0.15) is 48.5 Å². The zero-order chi connectivity index (χ0) is 19.1. The fourth-order valence-electron chi connectivity index (χ4n) is 3.56. The number of aryl methyl sites for hydroxylation is 1. The fourth-order valence-corrected chi connectivity index (χ4v) is 3.56. The lowest BCUT2D eigenvalue weighted by Gasteiger charge is -2.24. The number of phenols is 1. The highest BCUT2D eigenvalue weighted by atomic mass is 16.3. The summed E-state index contributed by atoms with van der Waals surface area (Å²) in [5, 5.41) is 9.67. The van der Waals surface area contributed by atoms with E-state index in [-0.39, 0.29) is 17.3 Å². The van der Waals surface area contributed by atoms with Crippen LogP contribution in [0.4, 0.5) is 0 Å². The Morgan fingerprint density at radius 2 is 1.63 bits per heavy atom. The lowest BCUT2D eigenvalue weighted by molar-refractivity contribution is 0.103. The van der Waals surface area contributed by atoms with E-state index in [4.69, 9.17) is 0 Å². The molecule has 0 fully saturated rings. The summed E-state index contributed by atoms with van der Waals surface area (Å²) in [7, 11) is 0. The van der Waals surface area contributed by atoms with Crippen LogP contribution in [0.2, 0.25) is 0 Å². The molecule has 0 aliphatic heterocycles. The van der Waals surface area contributed by atoms with Crippen molar-refractivity contribution in [3.63, 3.8) is 0 Å². The molecule has 0 unspecified atom stereocenters. The number of aromatic hydroxyl groups is 1. The van der Waals surface area contributed by atoms with Gasteiger partial charge in [0.05, 0.1) is 0 Å². The minimum Gasteiger partial charge on any atom is -0.508 e. The Labute approximate surface area is 157 Å². The van der Waals surface area contributed by atoms with E-state index in [1.165, 1.54) is 12.1 Å². The van der Waals surface area contributed by atoms with Crippen LogP contribution in [-0.2, 0) is 0 Å². The van der Waals surface area contributed by atoms with Crippen LogP contribution in [0.25, 0.3) is 5.57 Å². The van der Waals surface area contributed by atoms with Crippen LogP contribution in [-0.4, -0.2) is 16.7 Å². The van der Waals surface area contributed by atoms with Crippen molar-refractivity contribution in [1.29, 1.82) is 0 Å². The van der Waals surface area contributed by atoms with Gasteiger partial charge in [-0.2, -0.15) is 0 Å². The molecule has 0 radical (unpaired) electrons. The molecule has 1 N–H and O–H groups in total. The molecule has 0 spiro atoms. The molecule has 3 heteroatoms. The zero-order valence-corrected chi connectivity index (χ0v) is 15.1. The van der Waals surface area contributed by atoms with Crippen molar-refractivity contribution in [3.8, 4) is 5.75 Å². The maximum Gasteiger partial charge on any atom is 0.194 e. The SMILES string of the molecule is Cc1ccc2c(c1C)C(=O)c1ccccc1/C2=C\C(=O)c1cccc(O)c1. The number of carbonyl (C=O) groups excluding carboxylic acids is 2. The lowest BCUT2D eigenvalue weighted by atomic mass is 9.78. The van der Waals surface area contributed by atoms with Gasteiger partial charge in [-0.05, 0) is 59.9 Å². The summed E-state index contributed by atoms with van der Waals surface area (Å²) in [5.41, 5.74) is 5.90. The van der Waals surface area contributed by atoms with E-state index >= 15 is 0 Å². The molecule has 3 aromatic carbocycles. The van der Waals surface area contributed by atoms with Crippen molar-refractivity contribution in [1.82, 2.24) is 0 Å². The van der Waals surface area contributed by atoms with Gasteiger partial charge in [0, 0.05) is 16.7 Å². The molecule has 0 aromatic heterocycles. The minimum atomic E-state index is -0.214. The molecule has 132 valence electrons. The maximum absolute atomic E-state index is 13.1. The first kappa shape index (κ1) is 17.0. The second kappa shape index (κ2) is 6.36. The summed E-state index contributed by atoms with van der Waals surface area (Å²) >= 11 is 0. The average Bonchev–Trinajstić information content (AvgIpc) is 2.67. The Balaban J connectivity index is 1.96. The molecule has 3 aromatic rings. The molecule has 4 rings (SSSR count). The van der Waals surface area contributed by atoms with Crippen LogP contribution in [0, 0.1) is 13.8 Å². The number of ketones is 2. The van der Waals surface area contributed by atoms with E-state index in [2.05, 4.69) is 0 Å². The number of benzene rings is 3. The molecule has 3 nitrogen and oxygen atoms in total. The molecule has 0 bridgehead atoms. The van der Waals surface area contributed by atoms with Gasteiger partial charge in [0.1, 0.15) is 5.75 Å². The molecule has 0 heterocycles. The predicted molar refractivity (Wildman–Crippen MR) is 105 cm³/mol. The van der Waals surface area contributed by atoms with Gasteiger partial charge in [-0.3, -0.25) is 9.59 Å². The molecule has 0 saturated carbocycles. The molecule has 1 aliphatic carbocycles. The molecule has 0 atom stereocenters. The van der Waals surface area contributed by atoms with Crippen molar-refractivity contribution in [2.75, 3.05) is 0 Å². The highest BCUT2D eigenvalue weighted by Gasteiger charge is 2.29. The third kappa shape index (κ3) is 2.77. The lowest BCUT2D eigenvalue weighted by Crippen LogP contribution is -2.17. The van der Waals surface area contributed by atoms with Crippen molar-refractivity contribution in [2.45, 2.75) is 13.8 Å². The predicted octanol–water partition coefficient (Wildman–Crippen LogP) is 4.87. The van der Waals surface area contributed by atoms with Gasteiger partial charge >= 0.3 is 0 Å². The first-order chi connectivity index (χ1) is 13.0. The standard InChI is InChI=1S/C24H18O3/c1-14-10-11-19-21(13-22(26)16-6-5-7-17(25)12-16)18-8-3-4-9-20(18)24(27)23(19)15(14)2/h3-13,25H,1-2H3/b21-13+. The molecule has 0 amide bonds. The van der Waals surface area contributed by atoms with Crippen LogP contribution in [0.5, 0.6) is 5.75 Å². The maximum atomic E-state index is 13.1. The van der Waals surface area contributed by atoms with E-state index in [9.17, 15) is 14.7 Å². The quantitative estimate of drug-likeness (QED) is 0.413. The summed E-state index contributed by atoms with van der Waals surface area (Å²) in [4.78, 5) is 25.9. The number of hydrogen-bond donors (Lipinski definition) is 1. The van der Waals surface area contributed by atoms with Crippen LogP contribution >= 0.6 is 0 Å². The molecular formula is C24H18O3. The number of phenolic OH excluding ortho intramolecular Hbond substituents is 1. The van der Waals surface area contributed by atoms with Crippen LogP contribution in [0.15, 0.2) is 66.7 Å². The van der Waals surface area contributed by atoms with Gasteiger partial charge in [-0.1, -0.05) is 48.5 Å². The summed E-state index contributed by atoms with van der Waals surface area (Å²) in [6.45, 7) is 3.92. The average molecular weight is 354 g/mol. The number of allylic oxidation sites excluding steroid dienone is 1. The first-order valence-electron chi connectivity index (χ1n) is 8.77. The normalized spacial score (nSPS) is 14.0. The Morgan fingerprint density at radius 3 is 2.37 bits per heavy atom. The Morgan fingerprint density at radius 1 is 0.889 bits per heavy atom. The zero-order valence-electron chi connectivity index (χ0n) is 15.1. The Hall–Kier alpha value is -3.46. The molecule has 27 heavy (non-hydrogen) atoms. The molecular weight excluding hydrogens is 336 g/mol. The number of fused-ring (bicyclic) bond motifs is 2. The number of carbonyl (C=O) groups is 2. The van der Waals surface area contributed by atoms with E-state index in [0.717, 1.165) is 27.8 Å². The van der Waals surface area contributed by atoms with Crippen molar-refractivity contribution >= 4 is 17.1 Å². The molecule has 1 aliphatic rings. The van der Waals surface area contributed by atoms with E-state index in [0.29, 0.717) is 16.7 Å². The second-order valence-corrected chi connectivity index (χ2v) is 6.78. The number of rotatable bonds is 2. The Kier molecular flexibility index (Phi) is 4.00. The van der Waals surface area contributed by atoms with Crippen molar-refractivity contribution in [2.24, 2.45) is 0 Å². The van der Waals surface area contributed by atoms with Crippen LogP contribution < -0.4 is 0 Å². The van der Waals surface area contributed by atoms with Crippen LogP contribution in [0.3, 0.4) is 0 Å².